The molecule has 0 atom stereocenters. The van der Waals surface area contributed by atoms with E-state index in [1.54, 1.807) is 18.2 Å². The van der Waals surface area contributed by atoms with Crippen LogP contribution in [0.25, 0.3) is 0 Å². The van der Waals surface area contributed by atoms with Gasteiger partial charge in [-0.2, -0.15) is 0 Å². The first-order chi connectivity index (χ1) is 14.4. The van der Waals surface area contributed by atoms with Crippen LogP contribution in [-0.4, -0.2) is 37.4 Å². The number of carbonyl (C=O) groups is 2. The number of primary amides is 1. The van der Waals surface area contributed by atoms with Crippen molar-refractivity contribution in [2.75, 3.05) is 19.6 Å². The number of hydrogen-bond acceptors (Lipinski definition) is 3. The molecule has 0 spiro atoms. The predicted octanol–water partition coefficient (Wildman–Crippen LogP) is 1.65. The Morgan fingerprint density at radius 1 is 1.07 bits per heavy atom. The number of nitrogens with zero attached hydrogens (tertiary/aromatic N) is 1. The quantitative estimate of drug-likeness (QED) is 0.370. The number of carbonyl (C=O) groups excluding carboxylic acids is 2. The van der Waals surface area contributed by atoms with Gasteiger partial charge in [-0.25, -0.2) is 9.38 Å². The molecule has 0 radical (unpaired) electrons. The van der Waals surface area contributed by atoms with Crippen LogP contribution in [0.4, 0.5) is 4.39 Å². The van der Waals surface area contributed by atoms with Crippen molar-refractivity contribution < 1.29 is 14.0 Å². The summed E-state index contributed by atoms with van der Waals surface area (Å²) in [4.78, 5) is 27.2. The van der Waals surface area contributed by atoms with Crippen molar-refractivity contribution in [3.63, 3.8) is 0 Å². The van der Waals surface area contributed by atoms with E-state index in [0.29, 0.717) is 24.6 Å². The number of halogens is 1. The smallest absolute Gasteiger partial charge is 0.251 e. The van der Waals surface area contributed by atoms with E-state index in [-0.39, 0.29) is 18.3 Å². The molecule has 7 nitrogen and oxygen atoms in total. The lowest BCUT2D eigenvalue weighted by Crippen LogP contribution is -2.38. The largest absolute Gasteiger partial charge is 0.368 e. The molecule has 2 aromatic rings. The van der Waals surface area contributed by atoms with Crippen molar-refractivity contribution in [3.05, 3.63) is 70.5 Å². The molecule has 0 aliphatic rings. The highest BCUT2D eigenvalue weighted by molar-refractivity contribution is 5.96. The van der Waals surface area contributed by atoms with Gasteiger partial charge in [0.1, 0.15) is 5.82 Å². The van der Waals surface area contributed by atoms with Gasteiger partial charge in [0.05, 0.1) is 13.1 Å². The van der Waals surface area contributed by atoms with E-state index in [9.17, 15) is 14.0 Å². The Morgan fingerprint density at radius 2 is 1.80 bits per heavy atom. The van der Waals surface area contributed by atoms with Crippen LogP contribution < -0.4 is 21.7 Å². The minimum absolute atomic E-state index is 0.194. The Hall–Kier alpha value is -3.42. The lowest BCUT2D eigenvalue weighted by Gasteiger charge is -2.12. The summed E-state index contributed by atoms with van der Waals surface area (Å²) < 4.78 is 13.2. The SMILES string of the molecule is CCNC(=NCc1ccc(C(=O)NCC(N)=O)cc1)NCCc1ccc(F)cc1C. The summed E-state index contributed by atoms with van der Waals surface area (Å²) in [5, 5.41) is 8.91. The Bertz CT molecular complexity index is 897. The van der Waals surface area contributed by atoms with Crippen molar-refractivity contribution in [2.24, 2.45) is 10.7 Å². The molecule has 5 N–H and O–H groups in total. The lowest BCUT2D eigenvalue weighted by molar-refractivity contribution is -0.117. The van der Waals surface area contributed by atoms with Gasteiger partial charge in [-0.15, -0.1) is 0 Å². The van der Waals surface area contributed by atoms with Gasteiger partial charge >= 0.3 is 0 Å². The number of hydrogen-bond donors (Lipinski definition) is 4. The van der Waals surface area contributed by atoms with Gasteiger partial charge < -0.3 is 21.7 Å². The van der Waals surface area contributed by atoms with Gasteiger partial charge in [-0.3, -0.25) is 9.59 Å². The number of amides is 2. The summed E-state index contributed by atoms with van der Waals surface area (Å²) >= 11 is 0. The van der Waals surface area contributed by atoms with Crippen LogP contribution in [0.2, 0.25) is 0 Å². The molecule has 0 bridgehead atoms. The second-order valence-electron chi connectivity index (χ2n) is 6.79. The third-order valence-electron chi connectivity index (χ3n) is 4.39. The average molecular weight is 413 g/mol. The number of benzene rings is 2. The molecule has 0 saturated heterocycles. The molecular formula is C22H28FN5O2. The molecule has 2 amide bonds. The van der Waals surface area contributed by atoms with Crippen LogP contribution in [0.5, 0.6) is 0 Å². The summed E-state index contributed by atoms with van der Waals surface area (Å²) in [5.41, 5.74) is 8.42. The molecule has 30 heavy (non-hydrogen) atoms. The lowest BCUT2D eigenvalue weighted by atomic mass is 10.1. The number of nitrogens with one attached hydrogen (secondary N) is 3. The minimum atomic E-state index is -0.590. The predicted molar refractivity (Wildman–Crippen MR) is 116 cm³/mol. The normalized spacial score (nSPS) is 11.1. The van der Waals surface area contributed by atoms with E-state index < -0.39 is 5.91 Å². The molecule has 160 valence electrons. The minimum Gasteiger partial charge on any atom is -0.368 e. The Balaban J connectivity index is 1.90. The first-order valence-corrected chi connectivity index (χ1v) is 9.81. The first-order valence-electron chi connectivity index (χ1n) is 9.81. The first kappa shape index (κ1) is 22.9. The number of nitrogens with two attached hydrogens (primary N) is 1. The van der Waals surface area contributed by atoms with Crippen molar-refractivity contribution in [1.82, 2.24) is 16.0 Å². The second-order valence-corrected chi connectivity index (χ2v) is 6.79. The second kappa shape index (κ2) is 11.5. The molecule has 0 aromatic heterocycles. The zero-order valence-corrected chi connectivity index (χ0v) is 17.3. The molecule has 0 aliphatic heterocycles. The van der Waals surface area contributed by atoms with E-state index in [1.807, 2.05) is 26.0 Å². The van der Waals surface area contributed by atoms with Crippen molar-refractivity contribution in [1.29, 1.82) is 0 Å². The van der Waals surface area contributed by atoms with E-state index in [4.69, 9.17) is 5.73 Å². The molecule has 2 aromatic carbocycles. The van der Waals surface area contributed by atoms with Crippen LogP contribution in [0.1, 0.15) is 34.0 Å². The monoisotopic (exact) mass is 413 g/mol. The average Bonchev–Trinajstić information content (AvgIpc) is 2.72. The zero-order chi connectivity index (χ0) is 21.9. The van der Waals surface area contributed by atoms with Crippen LogP contribution in [0.3, 0.4) is 0 Å². The molecule has 0 unspecified atom stereocenters. The third kappa shape index (κ3) is 7.54. The van der Waals surface area contributed by atoms with Gasteiger partial charge in [0.25, 0.3) is 5.91 Å². The molecule has 0 aliphatic carbocycles. The topological polar surface area (TPSA) is 109 Å². The highest BCUT2D eigenvalue weighted by atomic mass is 19.1. The maximum atomic E-state index is 13.2. The zero-order valence-electron chi connectivity index (χ0n) is 17.3. The van der Waals surface area contributed by atoms with Crippen molar-refractivity contribution in [2.45, 2.75) is 26.8 Å². The van der Waals surface area contributed by atoms with E-state index in [1.165, 1.54) is 12.1 Å². The van der Waals surface area contributed by atoms with E-state index >= 15 is 0 Å². The van der Waals surface area contributed by atoms with Gasteiger partial charge in [0, 0.05) is 18.7 Å². The fraction of sp³-hybridized carbons (Fsp3) is 0.318. The van der Waals surface area contributed by atoms with Crippen molar-refractivity contribution >= 4 is 17.8 Å². The van der Waals surface area contributed by atoms with Gasteiger partial charge in [-0.05, 0) is 61.2 Å². The Morgan fingerprint density at radius 3 is 2.43 bits per heavy atom. The maximum absolute atomic E-state index is 13.2. The number of aryl methyl sites for hydroxylation is 1. The van der Waals surface area contributed by atoms with Crippen LogP contribution >= 0.6 is 0 Å². The summed E-state index contributed by atoms with van der Waals surface area (Å²) in [6.07, 6.45) is 0.756. The standard InChI is InChI=1S/C22H28FN5O2/c1-3-25-22(26-11-10-17-8-9-19(23)12-15(17)2)28-13-16-4-6-18(7-5-16)21(30)27-14-20(24)29/h4-9,12H,3,10-11,13-14H2,1-2H3,(H2,24,29)(H,27,30)(H2,25,26,28). The van der Waals surface area contributed by atoms with Crippen LogP contribution in [0, 0.1) is 12.7 Å². The van der Waals surface area contributed by atoms with E-state index in [0.717, 1.165) is 29.7 Å². The Kier molecular flexibility index (Phi) is 8.80. The van der Waals surface area contributed by atoms with Gasteiger partial charge in [0.15, 0.2) is 5.96 Å². The van der Waals surface area contributed by atoms with Crippen LogP contribution in [0.15, 0.2) is 47.5 Å². The third-order valence-corrected chi connectivity index (χ3v) is 4.39. The van der Waals surface area contributed by atoms with Crippen molar-refractivity contribution in [3.8, 4) is 0 Å². The fourth-order valence-electron chi connectivity index (χ4n) is 2.80. The summed E-state index contributed by atoms with van der Waals surface area (Å²) in [6, 6.07) is 11.8. The molecule has 2 rings (SSSR count). The van der Waals surface area contributed by atoms with Gasteiger partial charge in [-0.1, -0.05) is 18.2 Å². The molecule has 8 heteroatoms. The number of rotatable bonds is 9. The van der Waals surface area contributed by atoms with Crippen LogP contribution in [-0.2, 0) is 17.8 Å². The molecule has 0 heterocycles. The highest BCUT2D eigenvalue weighted by Gasteiger charge is 2.06. The van der Waals surface area contributed by atoms with E-state index in [2.05, 4.69) is 20.9 Å². The number of aliphatic imine (C=N–C) groups is 1. The maximum Gasteiger partial charge on any atom is 0.251 e. The number of guanidine groups is 1. The highest BCUT2D eigenvalue weighted by Crippen LogP contribution is 2.10. The Labute approximate surface area is 176 Å². The molecular weight excluding hydrogens is 385 g/mol. The summed E-state index contributed by atoms with van der Waals surface area (Å²) in [6.45, 7) is 5.52. The molecule has 0 fully saturated rings. The fourth-order valence-corrected chi connectivity index (χ4v) is 2.80. The summed E-state index contributed by atoms with van der Waals surface area (Å²) in [7, 11) is 0. The summed E-state index contributed by atoms with van der Waals surface area (Å²) in [5.74, 6) is -0.488. The van der Waals surface area contributed by atoms with Gasteiger partial charge in [0.2, 0.25) is 5.91 Å². The molecule has 0 saturated carbocycles.